The summed E-state index contributed by atoms with van der Waals surface area (Å²) in [5.74, 6) is 0.555. The van der Waals surface area contributed by atoms with Gasteiger partial charge in [-0.25, -0.2) is 0 Å². The third-order valence-electron chi connectivity index (χ3n) is 3.85. The van der Waals surface area contributed by atoms with E-state index >= 15 is 0 Å². The van der Waals surface area contributed by atoms with Gasteiger partial charge in [-0.05, 0) is 62.3 Å². The molecule has 4 heteroatoms. The van der Waals surface area contributed by atoms with Crippen molar-refractivity contribution in [1.82, 2.24) is 0 Å². The Kier molecular flexibility index (Phi) is 6.43. The van der Waals surface area contributed by atoms with Gasteiger partial charge in [0.2, 0.25) is 0 Å². The minimum Gasteiger partial charge on any atom is -0.466 e. The summed E-state index contributed by atoms with van der Waals surface area (Å²) < 4.78 is 17.1. The normalized spacial score (nSPS) is 14.7. The third-order valence-corrected chi connectivity index (χ3v) is 5.29. The summed E-state index contributed by atoms with van der Waals surface area (Å²) in [5.41, 5.74) is 2.80. The highest BCUT2D eigenvalue weighted by Crippen LogP contribution is 2.24. The summed E-state index contributed by atoms with van der Waals surface area (Å²) in [6, 6.07) is 6.27. The first-order valence-electron chi connectivity index (χ1n) is 7.86. The number of aryl methyl sites for hydroxylation is 2. The number of benzene rings is 1. The maximum absolute atomic E-state index is 12.3. The van der Waals surface area contributed by atoms with Gasteiger partial charge in [-0.3, -0.25) is 9.00 Å². The summed E-state index contributed by atoms with van der Waals surface area (Å²) in [7, 11) is -0.910. The Hall–Kier alpha value is -1.16. The standard InChI is InChI=1S/C17H24O3S/c1-2-20-17(18)9-4-3-5-12-21(19)16-11-10-14-7-6-8-15(14)13-16/h10-11,13H,2-9,12H2,1H3. The quantitative estimate of drug-likeness (QED) is 0.546. The van der Waals surface area contributed by atoms with E-state index in [0.29, 0.717) is 18.8 Å². The van der Waals surface area contributed by atoms with Crippen molar-refractivity contribution in [3.63, 3.8) is 0 Å². The zero-order chi connectivity index (χ0) is 15.1. The Morgan fingerprint density at radius 3 is 2.81 bits per heavy atom. The SMILES string of the molecule is CCOC(=O)CCCCCS(=O)c1ccc2c(c1)CCC2. The molecule has 1 aliphatic rings. The van der Waals surface area contributed by atoms with E-state index in [1.165, 1.54) is 17.5 Å². The molecule has 2 rings (SSSR count). The number of unbranched alkanes of at least 4 members (excludes halogenated alkanes) is 2. The molecule has 0 spiro atoms. The molecule has 116 valence electrons. The van der Waals surface area contributed by atoms with E-state index in [0.717, 1.165) is 37.0 Å². The Morgan fingerprint density at radius 1 is 1.19 bits per heavy atom. The van der Waals surface area contributed by atoms with Gasteiger partial charge in [-0.2, -0.15) is 0 Å². The van der Waals surface area contributed by atoms with Crippen LogP contribution in [-0.2, 0) is 33.2 Å². The fourth-order valence-corrected chi connectivity index (χ4v) is 3.92. The number of fused-ring (bicyclic) bond motifs is 1. The monoisotopic (exact) mass is 308 g/mol. The number of carbonyl (C=O) groups excluding carboxylic acids is 1. The van der Waals surface area contributed by atoms with Crippen molar-refractivity contribution in [3.05, 3.63) is 29.3 Å². The molecular weight excluding hydrogens is 284 g/mol. The number of carbonyl (C=O) groups is 1. The molecule has 0 fully saturated rings. The highest BCUT2D eigenvalue weighted by atomic mass is 32.2. The predicted molar refractivity (Wildman–Crippen MR) is 84.8 cm³/mol. The van der Waals surface area contributed by atoms with Crippen LogP contribution in [0.3, 0.4) is 0 Å². The van der Waals surface area contributed by atoms with Crippen molar-refractivity contribution < 1.29 is 13.7 Å². The predicted octanol–water partition coefficient (Wildman–Crippen LogP) is 3.41. The molecular formula is C17H24O3S. The summed E-state index contributed by atoms with van der Waals surface area (Å²) in [6.45, 7) is 2.26. The Morgan fingerprint density at radius 2 is 2.00 bits per heavy atom. The fraction of sp³-hybridized carbons (Fsp3) is 0.588. The Labute approximate surface area is 129 Å². The second-order valence-corrected chi connectivity index (χ2v) is 7.02. The van der Waals surface area contributed by atoms with Crippen LogP contribution in [0.5, 0.6) is 0 Å². The van der Waals surface area contributed by atoms with Gasteiger partial charge >= 0.3 is 5.97 Å². The second kappa shape index (κ2) is 8.32. The van der Waals surface area contributed by atoms with Crippen LogP contribution < -0.4 is 0 Å². The second-order valence-electron chi connectivity index (χ2n) is 5.45. The van der Waals surface area contributed by atoms with Crippen molar-refractivity contribution in [2.24, 2.45) is 0 Å². The molecule has 0 aliphatic heterocycles. The van der Waals surface area contributed by atoms with E-state index < -0.39 is 10.8 Å². The van der Waals surface area contributed by atoms with Gasteiger partial charge in [-0.15, -0.1) is 0 Å². The number of ether oxygens (including phenoxy) is 1. The van der Waals surface area contributed by atoms with E-state index in [1.807, 2.05) is 13.0 Å². The summed E-state index contributed by atoms with van der Waals surface area (Å²) >= 11 is 0. The molecule has 1 aromatic rings. The molecule has 0 aromatic heterocycles. The van der Waals surface area contributed by atoms with Gasteiger partial charge in [0.15, 0.2) is 0 Å². The lowest BCUT2D eigenvalue weighted by Crippen LogP contribution is -2.04. The number of rotatable bonds is 8. The first kappa shape index (κ1) is 16.2. The Balaban J connectivity index is 1.69. The highest BCUT2D eigenvalue weighted by Gasteiger charge is 2.13. The van der Waals surface area contributed by atoms with Crippen LogP contribution >= 0.6 is 0 Å². The molecule has 21 heavy (non-hydrogen) atoms. The van der Waals surface area contributed by atoms with Crippen molar-refractivity contribution in [2.45, 2.75) is 56.8 Å². The van der Waals surface area contributed by atoms with Crippen molar-refractivity contribution >= 4 is 16.8 Å². The van der Waals surface area contributed by atoms with Crippen LogP contribution in [-0.4, -0.2) is 22.5 Å². The maximum Gasteiger partial charge on any atom is 0.305 e. The van der Waals surface area contributed by atoms with E-state index in [2.05, 4.69) is 12.1 Å². The minimum atomic E-state index is -0.910. The van der Waals surface area contributed by atoms with Gasteiger partial charge in [0, 0.05) is 17.1 Å². The molecule has 0 amide bonds. The summed E-state index contributed by atoms with van der Waals surface area (Å²) in [6.07, 6.45) is 6.62. The van der Waals surface area contributed by atoms with Crippen LogP contribution in [0.2, 0.25) is 0 Å². The lowest BCUT2D eigenvalue weighted by molar-refractivity contribution is -0.143. The van der Waals surface area contributed by atoms with E-state index in [4.69, 9.17) is 4.74 Å². The lowest BCUT2D eigenvalue weighted by atomic mass is 10.1. The molecule has 1 atom stereocenters. The molecule has 1 aromatic carbocycles. The molecule has 0 saturated carbocycles. The Bertz CT molecular complexity index is 511. The first-order chi connectivity index (χ1) is 10.2. The summed E-state index contributed by atoms with van der Waals surface area (Å²) in [4.78, 5) is 12.1. The third kappa shape index (κ3) is 4.95. The lowest BCUT2D eigenvalue weighted by Gasteiger charge is -2.05. The molecule has 1 aliphatic carbocycles. The van der Waals surface area contributed by atoms with E-state index in [1.54, 1.807) is 0 Å². The largest absolute Gasteiger partial charge is 0.466 e. The molecule has 0 heterocycles. The topological polar surface area (TPSA) is 43.4 Å². The van der Waals surface area contributed by atoms with Gasteiger partial charge in [0.1, 0.15) is 0 Å². The van der Waals surface area contributed by atoms with Crippen LogP contribution in [0.25, 0.3) is 0 Å². The van der Waals surface area contributed by atoms with E-state index in [-0.39, 0.29) is 5.97 Å². The zero-order valence-electron chi connectivity index (χ0n) is 12.7. The van der Waals surface area contributed by atoms with Gasteiger partial charge in [0.25, 0.3) is 0 Å². The van der Waals surface area contributed by atoms with E-state index in [9.17, 15) is 9.00 Å². The molecule has 3 nitrogen and oxygen atoms in total. The van der Waals surface area contributed by atoms with Crippen LogP contribution in [0, 0.1) is 0 Å². The van der Waals surface area contributed by atoms with Gasteiger partial charge < -0.3 is 4.74 Å². The average Bonchev–Trinajstić information content (AvgIpc) is 2.94. The molecule has 0 bridgehead atoms. The van der Waals surface area contributed by atoms with Crippen molar-refractivity contribution in [2.75, 3.05) is 12.4 Å². The maximum atomic E-state index is 12.3. The average molecular weight is 308 g/mol. The number of hydrogen-bond acceptors (Lipinski definition) is 3. The van der Waals surface area contributed by atoms with Gasteiger partial charge in [0.05, 0.1) is 17.4 Å². The molecule has 1 unspecified atom stereocenters. The minimum absolute atomic E-state index is 0.128. The molecule has 0 radical (unpaired) electrons. The number of hydrogen-bond donors (Lipinski definition) is 0. The fourth-order valence-electron chi connectivity index (χ4n) is 2.72. The first-order valence-corrected chi connectivity index (χ1v) is 9.18. The summed E-state index contributed by atoms with van der Waals surface area (Å²) in [5, 5.41) is 0. The van der Waals surface area contributed by atoms with Gasteiger partial charge in [-0.1, -0.05) is 12.5 Å². The van der Waals surface area contributed by atoms with Crippen LogP contribution in [0.4, 0.5) is 0 Å². The molecule has 0 saturated heterocycles. The molecule has 0 N–H and O–H groups in total. The van der Waals surface area contributed by atoms with Crippen molar-refractivity contribution in [1.29, 1.82) is 0 Å². The van der Waals surface area contributed by atoms with Crippen LogP contribution in [0.1, 0.15) is 50.2 Å². The smallest absolute Gasteiger partial charge is 0.305 e. The number of esters is 1. The highest BCUT2D eigenvalue weighted by molar-refractivity contribution is 7.85. The zero-order valence-corrected chi connectivity index (χ0v) is 13.5. The van der Waals surface area contributed by atoms with Crippen LogP contribution in [0.15, 0.2) is 23.1 Å². The van der Waals surface area contributed by atoms with Crippen molar-refractivity contribution in [3.8, 4) is 0 Å².